The second kappa shape index (κ2) is 7.36. The predicted octanol–water partition coefficient (Wildman–Crippen LogP) is 2.74. The molecule has 84 valence electrons. The standard InChI is InChI=1S/C8H9FN2OS.C2H6/c1-6-7(5-11(2)13-12)3-4-10-8(6)9;1-2/h3-5H,1-2H3;1-2H3/p+1/b11-5+;. The maximum absolute atomic E-state index is 12.9. The molecule has 0 aliphatic carbocycles. The van der Waals surface area contributed by atoms with Crippen LogP contribution in [0, 0.1) is 12.9 Å². The van der Waals surface area contributed by atoms with Crippen molar-refractivity contribution in [2.24, 2.45) is 0 Å². The van der Waals surface area contributed by atoms with Crippen molar-refractivity contribution in [2.75, 3.05) is 7.05 Å². The van der Waals surface area contributed by atoms with Gasteiger partial charge in [0, 0.05) is 17.3 Å². The molecule has 1 N–H and O–H groups in total. The summed E-state index contributed by atoms with van der Waals surface area (Å²) in [6, 6.07) is 1.69. The number of rotatable bonds is 2. The molecular weight excluding hydrogens is 215 g/mol. The highest BCUT2D eigenvalue weighted by Crippen LogP contribution is 2.07. The first kappa shape index (κ1) is 14.1. The Kier molecular flexibility index (Phi) is 6.90. The fourth-order valence-electron chi connectivity index (χ4n) is 0.883. The second-order valence-corrected chi connectivity index (χ2v) is 3.31. The first-order valence-electron chi connectivity index (χ1n) is 4.65. The third-order valence-corrected chi connectivity index (χ3v) is 2.00. The van der Waals surface area contributed by atoms with Crippen molar-refractivity contribution >= 4 is 18.4 Å². The Morgan fingerprint density at radius 2 is 2.13 bits per heavy atom. The molecular formula is C10H16FN2OS+. The van der Waals surface area contributed by atoms with Gasteiger partial charge in [-0.3, -0.25) is 4.55 Å². The first-order valence-corrected chi connectivity index (χ1v) is 5.38. The number of aromatic nitrogens is 1. The Bertz CT molecular complexity index is 342. The van der Waals surface area contributed by atoms with Crippen LogP contribution in [0.2, 0.25) is 0 Å². The van der Waals surface area contributed by atoms with Crippen molar-refractivity contribution in [3.63, 3.8) is 0 Å². The van der Waals surface area contributed by atoms with E-state index in [2.05, 4.69) is 4.98 Å². The lowest BCUT2D eigenvalue weighted by atomic mass is 10.2. The second-order valence-electron chi connectivity index (χ2n) is 2.57. The zero-order valence-electron chi connectivity index (χ0n) is 9.36. The van der Waals surface area contributed by atoms with Crippen molar-refractivity contribution in [3.8, 4) is 0 Å². The van der Waals surface area contributed by atoms with Crippen LogP contribution in [-0.2, 0) is 0 Å². The molecule has 0 spiro atoms. The Morgan fingerprint density at radius 1 is 1.53 bits per heavy atom. The molecule has 1 aromatic rings. The zero-order valence-corrected chi connectivity index (χ0v) is 10.2. The largest absolute Gasteiger partial charge is 0.332 e. The molecule has 15 heavy (non-hydrogen) atoms. The van der Waals surface area contributed by atoms with Crippen LogP contribution in [0.3, 0.4) is 0 Å². The molecule has 0 aliphatic rings. The molecule has 0 bridgehead atoms. The van der Waals surface area contributed by atoms with Crippen molar-refractivity contribution in [1.29, 1.82) is 0 Å². The number of nitrogens with zero attached hydrogens (tertiary/aromatic N) is 2. The molecule has 0 atom stereocenters. The molecule has 0 fully saturated rings. The number of halogens is 1. The maximum atomic E-state index is 12.9. The summed E-state index contributed by atoms with van der Waals surface area (Å²) in [5, 5.41) is 0. The third kappa shape index (κ3) is 4.40. The molecule has 5 heteroatoms. The van der Waals surface area contributed by atoms with Crippen LogP contribution < -0.4 is 0 Å². The highest BCUT2D eigenvalue weighted by molar-refractivity contribution is 7.87. The van der Waals surface area contributed by atoms with Crippen molar-refractivity contribution in [3.05, 3.63) is 29.3 Å². The summed E-state index contributed by atoms with van der Waals surface area (Å²) < 4.78 is 23.0. The molecule has 0 aliphatic heterocycles. The average Bonchev–Trinajstić information content (AvgIpc) is 2.27. The average molecular weight is 231 g/mol. The van der Waals surface area contributed by atoms with E-state index in [9.17, 15) is 4.39 Å². The fourth-order valence-corrected chi connectivity index (χ4v) is 1.04. The molecule has 0 unspecified atom stereocenters. The third-order valence-electron chi connectivity index (χ3n) is 1.63. The zero-order chi connectivity index (χ0) is 11.8. The number of hydrogen-bond acceptors (Lipinski definition) is 3. The monoisotopic (exact) mass is 231 g/mol. The van der Waals surface area contributed by atoms with Crippen molar-refractivity contribution in [2.45, 2.75) is 20.8 Å². The smallest absolute Gasteiger partial charge is 0.274 e. The quantitative estimate of drug-likeness (QED) is 0.279. The molecule has 1 rings (SSSR count). The minimum absolute atomic E-state index is 0.475. The van der Waals surface area contributed by atoms with Crippen molar-refractivity contribution in [1.82, 2.24) is 4.98 Å². The van der Waals surface area contributed by atoms with Gasteiger partial charge in [-0.2, -0.15) is 4.39 Å². The van der Waals surface area contributed by atoms with E-state index in [0.29, 0.717) is 23.4 Å². The van der Waals surface area contributed by atoms with E-state index in [4.69, 9.17) is 4.55 Å². The van der Waals surface area contributed by atoms with Crippen LogP contribution in [0.15, 0.2) is 12.3 Å². The van der Waals surface area contributed by atoms with Gasteiger partial charge in [0.2, 0.25) is 5.95 Å². The van der Waals surface area contributed by atoms with Gasteiger partial charge in [0.25, 0.3) is 0 Å². The van der Waals surface area contributed by atoms with Gasteiger partial charge in [-0.15, -0.1) is 3.98 Å². The summed E-state index contributed by atoms with van der Waals surface area (Å²) in [5.41, 5.74) is 1.18. The summed E-state index contributed by atoms with van der Waals surface area (Å²) in [5.74, 6) is -0.481. The molecule has 0 aromatic carbocycles. The lowest BCUT2D eigenvalue weighted by molar-refractivity contribution is -0.308. The van der Waals surface area contributed by atoms with Gasteiger partial charge in [0.15, 0.2) is 6.21 Å². The van der Waals surface area contributed by atoms with Gasteiger partial charge in [0.05, 0.1) is 0 Å². The lowest BCUT2D eigenvalue weighted by Gasteiger charge is -1.97. The minimum Gasteiger partial charge on any atom is -0.274 e. The van der Waals surface area contributed by atoms with Crippen LogP contribution in [0.4, 0.5) is 4.39 Å². The van der Waals surface area contributed by atoms with E-state index in [0.717, 1.165) is 0 Å². The highest BCUT2D eigenvalue weighted by atomic mass is 32.2. The fraction of sp³-hybridized carbons (Fsp3) is 0.400. The van der Waals surface area contributed by atoms with E-state index >= 15 is 0 Å². The highest BCUT2D eigenvalue weighted by Gasteiger charge is 2.06. The van der Waals surface area contributed by atoms with Gasteiger partial charge >= 0.3 is 12.2 Å². The number of pyridine rings is 1. The minimum atomic E-state index is -0.481. The van der Waals surface area contributed by atoms with Gasteiger partial charge in [-0.05, 0) is 13.0 Å². The van der Waals surface area contributed by atoms with E-state index in [1.807, 2.05) is 13.8 Å². The first-order chi connectivity index (χ1) is 7.15. The van der Waals surface area contributed by atoms with E-state index < -0.39 is 5.95 Å². The summed E-state index contributed by atoms with van der Waals surface area (Å²) in [6.07, 6.45) is 3.02. The molecule has 0 amide bonds. The topological polar surface area (TPSA) is 36.1 Å². The maximum Gasteiger partial charge on any atom is 0.332 e. The van der Waals surface area contributed by atoms with Crippen LogP contribution in [0.5, 0.6) is 0 Å². The number of hydrogen-bond donors (Lipinski definition) is 1. The van der Waals surface area contributed by atoms with Gasteiger partial charge in [-0.1, -0.05) is 13.8 Å². The molecule has 0 saturated carbocycles. The molecule has 0 saturated heterocycles. The van der Waals surface area contributed by atoms with Crippen LogP contribution >= 0.6 is 12.2 Å². The predicted molar refractivity (Wildman–Crippen MR) is 61.9 cm³/mol. The van der Waals surface area contributed by atoms with Crippen LogP contribution in [0.25, 0.3) is 0 Å². The van der Waals surface area contributed by atoms with Gasteiger partial charge < -0.3 is 0 Å². The lowest BCUT2D eigenvalue weighted by Crippen LogP contribution is -2.01. The molecule has 1 aromatic heterocycles. The summed E-state index contributed by atoms with van der Waals surface area (Å²) in [7, 11) is 1.67. The molecule has 1 heterocycles. The Labute approximate surface area is 94.0 Å². The van der Waals surface area contributed by atoms with Crippen molar-refractivity contribution < 1.29 is 12.9 Å². The Morgan fingerprint density at radius 3 is 2.67 bits per heavy atom. The normalized spacial score (nSPS) is 10.7. The SMILES string of the molecule is CC.Cc1c(/C=[N+](\C)SO)ccnc1F. The van der Waals surface area contributed by atoms with E-state index in [1.165, 1.54) is 10.2 Å². The van der Waals surface area contributed by atoms with E-state index in [1.54, 1.807) is 26.3 Å². The summed E-state index contributed by atoms with van der Waals surface area (Å²) in [4.78, 5) is 3.50. The van der Waals surface area contributed by atoms with Gasteiger partial charge in [0.1, 0.15) is 7.05 Å². The Hall–Kier alpha value is -0.940. The van der Waals surface area contributed by atoms with Gasteiger partial charge in [-0.25, -0.2) is 4.98 Å². The van der Waals surface area contributed by atoms with Crippen LogP contribution in [0.1, 0.15) is 25.0 Å². The molecule has 0 radical (unpaired) electrons. The summed E-state index contributed by atoms with van der Waals surface area (Å²) in [6.45, 7) is 5.64. The Balaban J connectivity index is 0.000000921. The molecule has 3 nitrogen and oxygen atoms in total. The van der Waals surface area contributed by atoms with E-state index in [-0.39, 0.29) is 0 Å². The summed E-state index contributed by atoms with van der Waals surface area (Å²) >= 11 is 0.569. The van der Waals surface area contributed by atoms with Crippen LogP contribution in [-0.4, -0.2) is 26.8 Å².